The van der Waals surface area contributed by atoms with Gasteiger partial charge in [0, 0.05) is 56.0 Å². The SMILES string of the molecule is CC(C)(N)C(=O)N1CCCC(N2CCN(c3cccc(Cl)c3)CC2)C1. The minimum atomic E-state index is -0.785. The average Bonchev–Trinajstić information content (AvgIpc) is 2.60. The monoisotopic (exact) mass is 364 g/mol. The van der Waals surface area contributed by atoms with Crippen LogP contribution in [-0.4, -0.2) is 66.6 Å². The number of hydrogen-bond donors (Lipinski definition) is 1. The van der Waals surface area contributed by atoms with Crippen molar-refractivity contribution in [2.75, 3.05) is 44.2 Å². The van der Waals surface area contributed by atoms with Crippen LogP contribution in [0.2, 0.25) is 5.02 Å². The molecule has 1 amide bonds. The third-order valence-corrected chi connectivity index (χ3v) is 5.47. The second-order valence-corrected chi connectivity index (χ2v) is 8.21. The van der Waals surface area contributed by atoms with Gasteiger partial charge in [0.05, 0.1) is 5.54 Å². The molecule has 0 saturated carbocycles. The highest BCUT2D eigenvalue weighted by molar-refractivity contribution is 6.30. The van der Waals surface area contributed by atoms with Crippen molar-refractivity contribution in [3.8, 4) is 0 Å². The van der Waals surface area contributed by atoms with Crippen LogP contribution in [0.5, 0.6) is 0 Å². The van der Waals surface area contributed by atoms with Gasteiger partial charge in [0.2, 0.25) is 5.91 Å². The molecular weight excluding hydrogens is 336 g/mol. The fourth-order valence-corrected chi connectivity index (χ4v) is 4.05. The lowest BCUT2D eigenvalue weighted by atomic mass is 9.99. The Morgan fingerprint density at radius 2 is 1.92 bits per heavy atom. The van der Waals surface area contributed by atoms with Gasteiger partial charge in [-0.1, -0.05) is 17.7 Å². The van der Waals surface area contributed by atoms with E-state index in [0.29, 0.717) is 6.04 Å². The van der Waals surface area contributed by atoms with Gasteiger partial charge in [0.1, 0.15) is 0 Å². The lowest BCUT2D eigenvalue weighted by molar-refractivity contribution is -0.138. The van der Waals surface area contributed by atoms with E-state index in [9.17, 15) is 4.79 Å². The number of nitrogens with two attached hydrogens (primary N) is 1. The number of carbonyl (C=O) groups is 1. The molecule has 25 heavy (non-hydrogen) atoms. The number of rotatable bonds is 3. The molecule has 2 aliphatic rings. The molecule has 138 valence electrons. The summed E-state index contributed by atoms with van der Waals surface area (Å²) in [6, 6.07) is 8.51. The van der Waals surface area contributed by atoms with Gasteiger partial charge in [0.25, 0.3) is 0 Å². The number of piperidine rings is 1. The summed E-state index contributed by atoms with van der Waals surface area (Å²) in [6.07, 6.45) is 2.22. The van der Waals surface area contributed by atoms with Crippen molar-refractivity contribution in [2.24, 2.45) is 5.73 Å². The van der Waals surface area contributed by atoms with Gasteiger partial charge in [-0.3, -0.25) is 9.69 Å². The largest absolute Gasteiger partial charge is 0.369 e. The highest BCUT2D eigenvalue weighted by Gasteiger charge is 2.34. The third kappa shape index (κ3) is 4.46. The maximum Gasteiger partial charge on any atom is 0.242 e. The van der Waals surface area contributed by atoms with Gasteiger partial charge in [0.15, 0.2) is 0 Å². The van der Waals surface area contributed by atoms with Crippen molar-refractivity contribution in [3.05, 3.63) is 29.3 Å². The minimum absolute atomic E-state index is 0.0646. The first-order valence-corrected chi connectivity index (χ1v) is 9.55. The molecule has 1 atom stereocenters. The molecule has 2 saturated heterocycles. The van der Waals surface area contributed by atoms with Crippen LogP contribution in [0.1, 0.15) is 26.7 Å². The number of halogens is 1. The highest BCUT2D eigenvalue weighted by atomic mass is 35.5. The maximum atomic E-state index is 12.5. The lowest BCUT2D eigenvalue weighted by Gasteiger charge is -2.44. The molecule has 2 N–H and O–H groups in total. The van der Waals surface area contributed by atoms with E-state index >= 15 is 0 Å². The van der Waals surface area contributed by atoms with E-state index < -0.39 is 5.54 Å². The van der Waals surface area contributed by atoms with Crippen molar-refractivity contribution in [1.82, 2.24) is 9.80 Å². The molecule has 2 fully saturated rings. The second-order valence-electron chi connectivity index (χ2n) is 7.77. The summed E-state index contributed by atoms with van der Waals surface area (Å²) >= 11 is 6.11. The topological polar surface area (TPSA) is 52.8 Å². The van der Waals surface area contributed by atoms with E-state index in [1.165, 1.54) is 5.69 Å². The maximum absolute atomic E-state index is 12.5. The Morgan fingerprint density at radius 1 is 1.20 bits per heavy atom. The zero-order valence-corrected chi connectivity index (χ0v) is 16.0. The van der Waals surface area contributed by atoms with Gasteiger partial charge in [-0.2, -0.15) is 0 Å². The summed E-state index contributed by atoms with van der Waals surface area (Å²) in [6.45, 7) is 9.25. The van der Waals surface area contributed by atoms with Gasteiger partial charge >= 0.3 is 0 Å². The minimum Gasteiger partial charge on any atom is -0.369 e. The molecule has 0 spiro atoms. The number of hydrogen-bond acceptors (Lipinski definition) is 4. The van der Waals surface area contributed by atoms with Crippen LogP contribution in [0.3, 0.4) is 0 Å². The molecule has 6 heteroatoms. The fraction of sp³-hybridized carbons (Fsp3) is 0.632. The molecule has 2 heterocycles. The van der Waals surface area contributed by atoms with Crippen molar-refractivity contribution in [2.45, 2.75) is 38.3 Å². The quantitative estimate of drug-likeness (QED) is 0.893. The number of benzene rings is 1. The van der Waals surface area contributed by atoms with Crippen molar-refractivity contribution >= 4 is 23.2 Å². The third-order valence-electron chi connectivity index (χ3n) is 5.24. The van der Waals surface area contributed by atoms with Crippen LogP contribution < -0.4 is 10.6 Å². The van der Waals surface area contributed by atoms with Gasteiger partial charge < -0.3 is 15.5 Å². The molecule has 1 aromatic carbocycles. The summed E-state index contributed by atoms with van der Waals surface area (Å²) in [7, 11) is 0. The molecule has 1 unspecified atom stereocenters. The number of piperazine rings is 1. The molecule has 2 aliphatic heterocycles. The van der Waals surface area contributed by atoms with E-state index in [0.717, 1.165) is 57.1 Å². The predicted molar refractivity (Wildman–Crippen MR) is 103 cm³/mol. The second kappa shape index (κ2) is 7.52. The predicted octanol–water partition coefficient (Wildman–Crippen LogP) is 2.19. The first-order valence-electron chi connectivity index (χ1n) is 9.17. The summed E-state index contributed by atoms with van der Waals surface area (Å²) in [5.74, 6) is 0.0646. The summed E-state index contributed by atoms with van der Waals surface area (Å²) in [5.41, 5.74) is 6.41. The lowest BCUT2D eigenvalue weighted by Crippen LogP contribution is -2.59. The van der Waals surface area contributed by atoms with Crippen LogP contribution in [0.4, 0.5) is 5.69 Å². The van der Waals surface area contributed by atoms with Crippen molar-refractivity contribution in [1.29, 1.82) is 0 Å². The molecule has 5 nitrogen and oxygen atoms in total. The normalized spacial score (nSPS) is 23.0. The first kappa shape index (κ1) is 18.5. The molecule has 1 aromatic rings. The Labute approximate surface area is 155 Å². The van der Waals surface area contributed by atoms with E-state index in [-0.39, 0.29) is 5.91 Å². The average molecular weight is 365 g/mol. The van der Waals surface area contributed by atoms with Crippen LogP contribution in [0.15, 0.2) is 24.3 Å². The molecule has 0 radical (unpaired) electrons. The number of likely N-dealkylation sites (tertiary alicyclic amines) is 1. The summed E-state index contributed by atoms with van der Waals surface area (Å²) < 4.78 is 0. The van der Waals surface area contributed by atoms with Crippen LogP contribution in [-0.2, 0) is 4.79 Å². The van der Waals surface area contributed by atoms with E-state index in [2.05, 4.69) is 15.9 Å². The highest BCUT2D eigenvalue weighted by Crippen LogP contribution is 2.23. The number of nitrogens with zero attached hydrogens (tertiary/aromatic N) is 3. The smallest absolute Gasteiger partial charge is 0.242 e. The fourth-order valence-electron chi connectivity index (χ4n) is 3.86. The van der Waals surface area contributed by atoms with Crippen LogP contribution >= 0.6 is 11.6 Å². The van der Waals surface area contributed by atoms with Crippen molar-refractivity contribution < 1.29 is 4.79 Å². The zero-order chi connectivity index (χ0) is 18.0. The Balaban J connectivity index is 1.56. The Hall–Kier alpha value is -1.30. The first-order chi connectivity index (χ1) is 11.8. The molecule has 0 bridgehead atoms. The molecule has 0 aliphatic carbocycles. The van der Waals surface area contributed by atoms with Gasteiger partial charge in [-0.25, -0.2) is 0 Å². The number of anilines is 1. The van der Waals surface area contributed by atoms with Crippen molar-refractivity contribution in [3.63, 3.8) is 0 Å². The van der Waals surface area contributed by atoms with E-state index in [4.69, 9.17) is 17.3 Å². The van der Waals surface area contributed by atoms with E-state index in [1.54, 1.807) is 13.8 Å². The Kier molecular flexibility index (Phi) is 5.56. The zero-order valence-electron chi connectivity index (χ0n) is 15.2. The standard InChI is InChI=1S/C19H29ClN4O/c1-19(2,21)18(25)24-8-4-7-17(14-24)23-11-9-22(10-12-23)16-6-3-5-15(20)13-16/h3,5-6,13,17H,4,7-12,14,21H2,1-2H3. The Bertz CT molecular complexity index is 608. The molecule has 0 aromatic heterocycles. The number of carbonyl (C=O) groups excluding carboxylic acids is 1. The van der Waals surface area contributed by atoms with Crippen LogP contribution in [0.25, 0.3) is 0 Å². The van der Waals surface area contributed by atoms with Gasteiger partial charge in [-0.15, -0.1) is 0 Å². The van der Waals surface area contributed by atoms with Crippen LogP contribution in [0, 0.1) is 0 Å². The van der Waals surface area contributed by atoms with E-state index in [1.807, 2.05) is 23.1 Å². The van der Waals surface area contributed by atoms with Gasteiger partial charge in [-0.05, 0) is 44.9 Å². The number of amides is 1. The Morgan fingerprint density at radius 3 is 2.56 bits per heavy atom. The summed E-state index contributed by atoms with van der Waals surface area (Å²) in [4.78, 5) is 19.4. The molecular formula is C19H29ClN4O. The molecule has 3 rings (SSSR count). The summed E-state index contributed by atoms with van der Waals surface area (Å²) in [5, 5.41) is 0.783.